The first-order valence-electron chi connectivity index (χ1n) is 9.67. The molecule has 6 nitrogen and oxygen atoms in total. The largest absolute Gasteiger partial charge is 0.378 e. The standard InChI is InChI=1S/C20H29N3O3/c21-11-5-15-26-17-9-13-22(14-10-17)20(25)18-8-4-12-23(18)19(24)16-6-2-1-3-7-16/h1-3,6-7,17-18H,4-5,8-15,21H2. The van der Waals surface area contributed by atoms with Gasteiger partial charge in [-0.2, -0.15) is 0 Å². The highest BCUT2D eigenvalue weighted by Crippen LogP contribution is 2.24. The molecule has 2 aliphatic heterocycles. The van der Waals surface area contributed by atoms with Crippen LogP contribution >= 0.6 is 0 Å². The number of carbonyl (C=O) groups is 2. The lowest BCUT2D eigenvalue weighted by molar-refractivity contribution is -0.138. The minimum Gasteiger partial charge on any atom is -0.378 e. The summed E-state index contributed by atoms with van der Waals surface area (Å²) in [6, 6.07) is 8.91. The molecule has 0 spiro atoms. The number of ether oxygens (including phenoxy) is 1. The maximum absolute atomic E-state index is 13.0. The van der Waals surface area contributed by atoms with Gasteiger partial charge >= 0.3 is 0 Å². The van der Waals surface area contributed by atoms with Gasteiger partial charge in [-0.15, -0.1) is 0 Å². The third kappa shape index (κ3) is 4.43. The van der Waals surface area contributed by atoms with Crippen LogP contribution in [0.25, 0.3) is 0 Å². The van der Waals surface area contributed by atoms with Crippen LogP contribution in [0.15, 0.2) is 30.3 Å². The van der Waals surface area contributed by atoms with Crippen LogP contribution in [0.1, 0.15) is 42.5 Å². The molecule has 6 heteroatoms. The molecule has 0 aromatic heterocycles. The molecule has 2 aliphatic rings. The normalized spacial score (nSPS) is 21.2. The van der Waals surface area contributed by atoms with E-state index in [9.17, 15) is 9.59 Å². The Morgan fingerprint density at radius 2 is 1.81 bits per heavy atom. The summed E-state index contributed by atoms with van der Waals surface area (Å²) < 4.78 is 5.81. The number of hydrogen-bond acceptors (Lipinski definition) is 4. The van der Waals surface area contributed by atoms with E-state index < -0.39 is 0 Å². The van der Waals surface area contributed by atoms with Crippen LogP contribution in [0.3, 0.4) is 0 Å². The molecule has 2 amide bonds. The van der Waals surface area contributed by atoms with Crippen molar-refractivity contribution < 1.29 is 14.3 Å². The van der Waals surface area contributed by atoms with Gasteiger partial charge in [0.1, 0.15) is 6.04 Å². The number of likely N-dealkylation sites (tertiary alicyclic amines) is 2. The van der Waals surface area contributed by atoms with Crippen LogP contribution in [-0.2, 0) is 9.53 Å². The summed E-state index contributed by atoms with van der Waals surface area (Å²) in [5, 5.41) is 0. The summed E-state index contributed by atoms with van der Waals surface area (Å²) in [5.74, 6) is 0.0497. The van der Waals surface area contributed by atoms with Crippen molar-refractivity contribution in [3.05, 3.63) is 35.9 Å². The highest BCUT2D eigenvalue weighted by Gasteiger charge is 2.37. The molecule has 1 aromatic rings. The zero-order chi connectivity index (χ0) is 18.4. The molecule has 3 rings (SSSR count). The molecule has 1 unspecified atom stereocenters. The van der Waals surface area contributed by atoms with Gasteiger partial charge in [-0.1, -0.05) is 18.2 Å². The fourth-order valence-electron chi connectivity index (χ4n) is 3.80. The molecule has 0 bridgehead atoms. The van der Waals surface area contributed by atoms with E-state index in [0.717, 1.165) is 32.1 Å². The predicted octanol–water partition coefficient (Wildman–Crippen LogP) is 1.65. The fraction of sp³-hybridized carbons (Fsp3) is 0.600. The van der Waals surface area contributed by atoms with Gasteiger partial charge in [0.15, 0.2) is 0 Å². The Morgan fingerprint density at radius 3 is 2.50 bits per heavy atom. The molecular formula is C20H29N3O3. The smallest absolute Gasteiger partial charge is 0.254 e. The molecule has 2 fully saturated rings. The van der Waals surface area contributed by atoms with Crippen molar-refractivity contribution in [2.24, 2.45) is 5.73 Å². The van der Waals surface area contributed by atoms with E-state index in [1.165, 1.54) is 0 Å². The van der Waals surface area contributed by atoms with Crippen LogP contribution in [0.5, 0.6) is 0 Å². The van der Waals surface area contributed by atoms with Crippen LogP contribution in [0, 0.1) is 0 Å². The fourth-order valence-corrected chi connectivity index (χ4v) is 3.80. The van der Waals surface area contributed by atoms with Crippen molar-refractivity contribution in [2.75, 3.05) is 32.8 Å². The van der Waals surface area contributed by atoms with Crippen molar-refractivity contribution in [3.63, 3.8) is 0 Å². The molecule has 26 heavy (non-hydrogen) atoms. The minimum atomic E-state index is -0.322. The van der Waals surface area contributed by atoms with Gasteiger partial charge in [0.25, 0.3) is 5.91 Å². The molecule has 2 heterocycles. The summed E-state index contributed by atoms with van der Waals surface area (Å²) in [6.45, 7) is 3.40. The van der Waals surface area contributed by atoms with E-state index in [1.807, 2.05) is 35.2 Å². The summed E-state index contributed by atoms with van der Waals surface area (Å²) in [6.07, 6.45) is 4.44. The van der Waals surface area contributed by atoms with E-state index in [-0.39, 0.29) is 24.0 Å². The number of piperidine rings is 1. The zero-order valence-corrected chi connectivity index (χ0v) is 15.3. The Hall–Kier alpha value is -1.92. The average molecular weight is 359 g/mol. The van der Waals surface area contributed by atoms with Gasteiger partial charge in [-0.25, -0.2) is 0 Å². The van der Waals surface area contributed by atoms with Crippen LogP contribution < -0.4 is 5.73 Å². The minimum absolute atomic E-state index is 0.0403. The Morgan fingerprint density at radius 1 is 1.08 bits per heavy atom. The molecule has 0 saturated carbocycles. The monoisotopic (exact) mass is 359 g/mol. The second-order valence-electron chi connectivity index (χ2n) is 7.06. The van der Waals surface area contributed by atoms with Gasteiger partial charge < -0.3 is 20.3 Å². The zero-order valence-electron chi connectivity index (χ0n) is 15.3. The van der Waals surface area contributed by atoms with Gasteiger partial charge in [0, 0.05) is 31.8 Å². The van der Waals surface area contributed by atoms with Gasteiger partial charge in [0.2, 0.25) is 5.91 Å². The highest BCUT2D eigenvalue weighted by molar-refractivity contribution is 5.97. The third-order valence-corrected chi connectivity index (χ3v) is 5.28. The van der Waals surface area contributed by atoms with Gasteiger partial charge in [0.05, 0.1) is 6.10 Å². The van der Waals surface area contributed by atoms with Crippen molar-refractivity contribution in [1.82, 2.24) is 9.80 Å². The highest BCUT2D eigenvalue weighted by atomic mass is 16.5. The summed E-state index contributed by atoms with van der Waals surface area (Å²) in [7, 11) is 0. The molecule has 0 aliphatic carbocycles. The predicted molar refractivity (Wildman–Crippen MR) is 99.7 cm³/mol. The SMILES string of the molecule is NCCCOC1CCN(C(=O)C2CCCN2C(=O)c2ccccc2)CC1. The Kier molecular flexibility index (Phi) is 6.63. The lowest BCUT2D eigenvalue weighted by Crippen LogP contribution is -2.50. The van der Waals surface area contributed by atoms with Crippen molar-refractivity contribution in [1.29, 1.82) is 0 Å². The number of hydrogen-bond donors (Lipinski definition) is 1. The maximum atomic E-state index is 13.0. The van der Waals surface area contributed by atoms with E-state index >= 15 is 0 Å². The quantitative estimate of drug-likeness (QED) is 0.784. The number of rotatable bonds is 6. The molecular weight excluding hydrogens is 330 g/mol. The maximum Gasteiger partial charge on any atom is 0.254 e. The van der Waals surface area contributed by atoms with Crippen molar-refractivity contribution >= 4 is 11.8 Å². The molecule has 142 valence electrons. The third-order valence-electron chi connectivity index (χ3n) is 5.28. The summed E-state index contributed by atoms with van der Waals surface area (Å²) >= 11 is 0. The molecule has 2 N–H and O–H groups in total. The lowest BCUT2D eigenvalue weighted by Gasteiger charge is -2.35. The molecule has 1 aromatic carbocycles. The topological polar surface area (TPSA) is 75.9 Å². The first-order chi connectivity index (χ1) is 12.7. The number of nitrogens with two attached hydrogens (primary N) is 1. The van der Waals surface area contributed by atoms with E-state index in [4.69, 9.17) is 10.5 Å². The van der Waals surface area contributed by atoms with Crippen LogP contribution in [-0.4, -0.2) is 66.5 Å². The molecule has 1 atom stereocenters. The lowest BCUT2D eigenvalue weighted by atomic mass is 10.1. The van der Waals surface area contributed by atoms with E-state index in [1.54, 1.807) is 4.90 Å². The number of nitrogens with zero attached hydrogens (tertiary/aromatic N) is 2. The first-order valence-corrected chi connectivity index (χ1v) is 9.67. The average Bonchev–Trinajstić information content (AvgIpc) is 3.18. The second kappa shape index (κ2) is 9.14. The molecule has 0 radical (unpaired) electrons. The Bertz CT molecular complexity index is 600. The van der Waals surface area contributed by atoms with E-state index in [2.05, 4.69) is 0 Å². The van der Waals surface area contributed by atoms with Gasteiger partial charge in [-0.05, 0) is 50.8 Å². The summed E-state index contributed by atoms with van der Waals surface area (Å²) in [4.78, 5) is 29.4. The van der Waals surface area contributed by atoms with Gasteiger partial charge in [-0.3, -0.25) is 9.59 Å². The van der Waals surface area contributed by atoms with E-state index in [0.29, 0.717) is 38.3 Å². The summed E-state index contributed by atoms with van der Waals surface area (Å²) in [5.41, 5.74) is 6.14. The second-order valence-corrected chi connectivity index (χ2v) is 7.06. The Balaban J connectivity index is 1.55. The number of amides is 2. The number of benzene rings is 1. The van der Waals surface area contributed by atoms with Crippen molar-refractivity contribution in [2.45, 2.75) is 44.2 Å². The van der Waals surface area contributed by atoms with Crippen LogP contribution in [0.4, 0.5) is 0 Å². The van der Waals surface area contributed by atoms with Crippen molar-refractivity contribution in [3.8, 4) is 0 Å². The number of carbonyl (C=O) groups excluding carboxylic acids is 2. The molecule has 2 saturated heterocycles. The van der Waals surface area contributed by atoms with Crippen LogP contribution in [0.2, 0.25) is 0 Å². The Labute approximate surface area is 155 Å². The first kappa shape index (κ1) is 18.9.